The Labute approximate surface area is 144 Å². The fourth-order valence-electron chi connectivity index (χ4n) is 2.58. The van der Waals surface area contributed by atoms with Crippen molar-refractivity contribution < 1.29 is 4.79 Å². The van der Waals surface area contributed by atoms with Crippen molar-refractivity contribution in [3.05, 3.63) is 64.6 Å². The van der Waals surface area contributed by atoms with Crippen LogP contribution in [0.15, 0.2) is 54.2 Å². The number of thiophene rings is 1. The van der Waals surface area contributed by atoms with Gasteiger partial charge in [-0.05, 0) is 34.4 Å². The third-order valence-electron chi connectivity index (χ3n) is 3.81. The van der Waals surface area contributed by atoms with Gasteiger partial charge in [0.25, 0.3) is 0 Å². The predicted octanol–water partition coefficient (Wildman–Crippen LogP) is 2.39. The van der Waals surface area contributed by atoms with Gasteiger partial charge in [-0.3, -0.25) is 4.79 Å². The molecule has 0 aliphatic carbocycles. The van der Waals surface area contributed by atoms with Gasteiger partial charge in [-0.1, -0.05) is 36.4 Å². The summed E-state index contributed by atoms with van der Waals surface area (Å²) >= 11 is 1.72. The van der Waals surface area contributed by atoms with Crippen LogP contribution in [0.1, 0.15) is 17.4 Å². The lowest BCUT2D eigenvalue weighted by molar-refractivity contribution is -0.134. The molecule has 0 aliphatic rings. The average Bonchev–Trinajstić information content (AvgIpc) is 3.27. The van der Waals surface area contributed by atoms with Crippen LogP contribution in [0.25, 0.3) is 0 Å². The summed E-state index contributed by atoms with van der Waals surface area (Å²) in [6, 6.07) is 14.3. The molecule has 3 aromatic rings. The van der Waals surface area contributed by atoms with Crippen molar-refractivity contribution in [3.8, 4) is 0 Å². The van der Waals surface area contributed by atoms with Crippen molar-refractivity contribution in [3.63, 3.8) is 0 Å². The van der Waals surface area contributed by atoms with Crippen LogP contribution in [0, 0.1) is 0 Å². The maximum Gasteiger partial charge on any atom is 0.244 e. The Kier molecular flexibility index (Phi) is 5.32. The SMILES string of the molecule is CC(Cc1cccs1)N(Cc1ccccc1)C(=O)Cn1cnnn1. The Hall–Kier alpha value is -2.54. The molecule has 2 aromatic heterocycles. The van der Waals surface area contributed by atoms with Gasteiger partial charge in [0.15, 0.2) is 0 Å². The van der Waals surface area contributed by atoms with E-state index in [0.717, 1.165) is 12.0 Å². The van der Waals surface area contributed by atoms with E-state index in [1.807, 2.05) is 41.3 Å². The van der Waals surface area contributed by atoms with Gasteiger partial charge in [0.1, 0.15) is 12.9 Å². The van der Waals surface area contributed by atoms with E-state index in [9.17, 15) is 4.79 Å². The molecule has 1 unspecified atom stereocenters. The van der Waals surface area contributed by atoms with Crippen molar-refractivity contribution in [2.45, 2.75) is 32.5 Å². The molecule has 124 valence electrons. The number of nitrogens with zero attached hydrogens (tertiary/aromatic N) is 5. The lowest BCUT2D eigenvalue weighted by atomic mass is 10.1. The molecule has 0 aliphatic heterocycles. The highest BCUT2D eigenvalue weighted by atomic mass is 32.1. The van der Waals surface area contributed by atoms with E-state index in [0.29, 0.717) is 6.54 Å². The minimum atomic E-state index is 0.00945. The highest BCUT2D eigenvalue weighted by Crippen LogP contribution is 2.17. The minimum absolute atomic E-state index is 0.00945. The number of benzene rings is 1. The Balaban J connectivity index is 1.75. The Morgan fingerprint density at radius 2 is 2.08 bits per heavy atom. The zero-order valence-corrected chi connectivity index (χ0v) is 14.3. The quantitative estimate of drug-likeness (QED) is 0.662. The maximum atomic E-state index is 12.8. The van der Waals surface area contributed by atoms with Crippen LogP contribution >= 0.6 is 11.3 Å². The summed E-state index contributed by atoms with van der Waals surface area (Å²) in [6.07, 6.45) is 2.30. The van der Waals surface area contributed by atoms with Crippen molar-refractivity contribution in [2.24, 2.45) is 0 Å². The molecular formula is C17H19N5OS. The number of carbonyl (C=O) groups excluding carboxylic acids is 1. The fourth-order valence-corrected chi connectivity index (χ4v) is 3.41. The van der Waals surface area contributed by atoms with E-state index in [1.165, 1.54) is 15.9 Å². The molecule has 0 radical (unpaired) electrons. The van der Waals surface area contributed by atoms with Crippen LogP contribution in [0.3, 0.4) is 0 Å². The van der Waals surface area contributed by atoms with Crippen molar-refractivity contribution in [2.75, 3.05) is 0 Å². The Morgan fingerprint density at radius 1 is 1.25 bits per heavy atom. The summed E-state index contributed by atoms with van der Waals surface area (Å²) in [4.78, 5) is 16.0. The fraction of sp³-hybridized carbons (Fsp3) is 0.294. The first-order chi connectivity index (χ1) is 11.7. The van der Waals surface area contributed by atoms with Gasteiger partial charge >= 0.3 is 0 Å². The van der Waals surface area contributed by atoms with Gasteiger partial charge in [-0.25, -0.2) is 4.68 Å². The van der Waals surface area contributed by atoms with Crippen LogP contribution < -0.4 is 0 Å². The second-order valence-electron chi connectivity index (χ2n) is 5.65. The summed E-state index contributed by atoms with van der Waals surface area (Å²) in [5.74, 6) is 0.00945. The van der Waals surface area contributed by atoms with Crippen molar-refractivity contribution in [1.29, 1.82) is 0 Å². The normalized spacial score (nSPS) is 12.0. The highest BCUT2D eigenvalue weighted by molar-refractivity contribution is 7.09. The second kappa shape index (κ2) is 7.83. The first-order valence-electron chi connectivity index (χ1n) is 7.79. The van der Waals surface area contributed by atoms with E-state index in [1.54, 1.807) is 11.3 Å². The lowest BCUT2D eigenvalue weighted by Crippen LogP contribution is -2.41. The van der Waals surface area contributed by atoms with Gasteiger partial charge in [-0.15, -0.1) is 16.4 Å². The number of tetrazole rings is 1. The molecule has 1 atom stereocenters. The third kappa shape index (κ3) is 4.26. The van der Waals surface area contributed by atoms with E-state index < -0.39 is 0 Å². The summed E-state index contributed by atoms with van der Waals surface area (Å²) < 4.78 is 1.46. The van der Waals surface area contributed by atoms with Crippen molar-refractivity contribution in [1.82, 2.24) is 25.1 Å². The first kappa shape index (κ1) is 16.3. The maximum absolute atomic E-state index is 12.8. The van der Waals surface area contributed by atoms with Gasteiger partial charge in [-0.2, -0.15) is 0 Å². The number of hydrogen-bond donors (Lipinski definition) is 0. The summed E-state index contributed by atoms with van der Waals surface area (Å²) in [5.41, 5.74) is 1.11. The topological polar surface area (TPSA) is 63.9 Å². The zero-order valence-electron chi connectivity index (χ0n) is 13.4. The summed E-state index contributed by atoms with van der Waals surface area (Å²) in [7, 11) is 0. The Bertz CT molecular complexity index is 743. The standard InChI is InChI=1S/C17H19N5OS/c1-14(10-16-8-5-9-24-16)22(11-15-6-3-2-4-7-15)17(23)12-21-13-18-19-20-21/h2-9,13-14H,10-12H2,1H3. The largest absolute Gasteiger partial charge is 0.334 e. The molecule has 0 saturated heterocycles. The molecule has 0 saturated carbocycles. The van der Waals surface area contributed by atoms with Gasteiger partial charge in [0, 0.05) is 23.9 Å². The number of aromatic nitrogens is 4. The minimum Gasteiger partial charge on any atom is -0.334 e. The molecule has 6 nitrogen and oxygen atoms in total. The van der Waals surface area contributed by atoms with Crippen LogP contribution in [-0.4, -0.2) is 37.1 Å². The predicted molar refractivity (Wildman–Crippen MR) is 92.3 cm³/mol. The van der Waals surface area contributed by atoms with Gasteiger partial charge in [0.2, 0.25) is 5.91 Å². The smallest absolute Gasteiger partial charge is 0.244 e. The molecule has 2 heterocycles. The Morgan fingerprint density at radius 3 is 2.75 bits per heavy atom. The average molecular weight is 341 g/mol. The molecule has 0 N–H and O–H groups in total. The number of hydrogen-bond acceptors (Lipinski definition) is 5. The first-order valence-corrected chi connectivity index (χ1v) is 8.67. The summed E-state index contributed by atoms with van der Waals surface area (Å²) in [5, 5.41) is 13.0. The van der Waals surface area contributed by atoms with Gasteiger partial charge < -0.3 is 4.90 Å². The molecule has 0 bridgehead atoms. The van der Waals surface area contributed by atoms with Crippen molar-refractivity contribution >= 4 is 17.2 Å². The highest BCUT2D eigenvalue weighted by Gasteiger charge is 2.21. The van der Waals surface area contributed by atoms with E-state index in [4.69, 9.17) is 0 Å². The van der Waals surface area contributed by atoms with E-state index in [-0.39, 0.29) is 18.5 Å². The molecule has 1 aromatic carbocycles. The van der Waals surface area contributed by atoms with Crippen LogP contribution in [0.4, 0.5) is 0 Å². The number of rotatable bonds is 7. The van der Waals surface area contributed by atoms with Crippen LogP contribution in [0.2, 0.25) is 0 Å². The molecule has 1 amide bonds. The molecule has 24 heavy (non-hydrogen) atoms. The number of carbonyl (C=O) groups is 1. The molecule has 3 rings (SSSR count). The summed E-state index contributed by atoms with van der Waals surface area (Å²) in [6.45, 7) is 2.81. The van der Waals surface area contributed by atoms with Crippen LogP contribution in [0.5, 0.6) is 0 Å². The lowest BCUT2D eigenvalue weighted by Gasteiger charge is -2.29. The zero-order chi connectivity index (χ0) is 16.8. The molecule has 7 heteroatoms. The van der Waals surface area contributed by atoms with Gasteiger partial charge in [0.05, 0.1) is 0 Å². The monoisotopic (exact) mass is 341 g/mol. The molecule has 0 spiro atoms. The second-order valence-corrected chi connectivity index (χ2v) is 6.68. The third-order valence-corrected chi connectivity index (χ3v) is 4.71. The molecular weight excluding hydrogens is 322 g/mol. The van der Waals surface area contributed by atoms with Crippen LogP contribution in [-0.2, 0) is 24.3 Å². The van der Waals surface area contributed by atoms with E-state index in [2.05, 4.69) is 33.9 Å². The molecule has 0 fully saturated rings. The number of amides is 1. The van der Waals surface area contributed by atoms with E-state index >= 15 is 0 Å².